The molecule has 150 valence electrons. The van der Waals surface area contributed by atoms with Crippen LogP contribution < -0.4 is 15.4 Å². The van der Waals surface area contributed by atoms with E-state index in [0.29, 0.717) is 22.8 Å². The number of carbonyl (C=O) groups excluding carboxylic acids is 2. The van der Waals surface area contributed by atoms with Crippen LogP contribution in [0.3, 0.4) is 0 Å². The van der Waals surface area contributed by atoms with Gasteiger partial charge in [0, 0.05) is 29.2 Å². The smallest absolute Gasteiger partial charge is 0.248 e. The van der Waals surface area contributed by atoms with E-state index < -0.39 is 15.9 Å². The normalized spacial score (nSPS) is 11.1. The van der Waals surface area contributed by atoms with E-state index in [4.69, 9.17) is 17.3 Å². The molecule has 0 spiro atoms. The lowest BCUT2D eigenvalue weighted by Crippen LogP contribution is -2.32. The SMILES string of the molecule is Cc1ccc(Cl)cc1N(CCCC(=O)Nc1cccc(C(N)=O)c1)S(C)(=O)=O. The lowest BCUT2D eigenvalue weighted by atomic mass is 10.2. The molecule has 0 heterocycles. The largest absolute Gasteiger partial charge is 0.366 e. The predicted octanol–water partition coefficient (Wildman–Crippen LogP) is 2.93. The van der Waals surface area contributed by atoms with Gasteiger partial charge >= 0.3 is 0 Å². The van der Waals surface area contributed by atoms with Crippen molar-refractivity contribution in [3.63, 3.8) is 0 Å². The van der Waals surface area contributed by atoms with Crippen LogP contribution in [0.2, 0.25) is 5.02 Å². The molecule has 7 nitrogen and oxygen atoms in total. The first-order valence-corrected chi connectivity index (χ1v) is 10.7. The molecule has 28 heavy (non-hydrogen) atoms. The first-order valence-electron chi connectivity index (χ1n) is 8.51. The number of carbonyl (C=O) groups is 2. The molecule has 2 aromatic carbocycles. The third kappa shape index (κ3) is 5.97. The van der Waals surface area contributed by atoms with Crippen molar-refractivity contribution in [2.24, 2.45) is 5.73 Å². The van der Waals surface area contributed by atoms with E-state index in [1.165, 1.54) is 10.4 Å². The molecule has 2 aromatic rings. The first kappa shape index (κ1) is 21.7. The second-order valence-corrected chi connectivity index (χ2v) is 8.71. The van der Waals surface area contributed by atoms with Crippen LogP contribution in [-0.4, -0.2) is 33.0 Å². The van der Waals surface area contributed by atoms with Crippen LogP contribution in [0.15, 0.2) is 42.5 Å². The van der Waals surface area contributed by atoms with Gasteiger partial charge in [-0.3, -0.25) is 13.9 Å². The number of nitrogens with two attached hydrogens (primary N) is 1. The van der Waals surface area contributed by atoms with Crippen molar-refractivity contribution in [3.05, 3.63) is 58.6 Å². The third-order valence-electron chi connectivity index (χ3n) is 4.04. The Hall–Kier alpha value is -2.58. The van der Waals surface area contributed by atoms with Crippen LogP contribution in [0.25, 0.3) is 0 Å². The zero-order valence-corrected chi connectivity index (χ0v) is 17.2. The molecule has 0 bridgehead atoms. The van der Waals surface area contributed by atoms with Gasteiger partial charge in [0.1, 0.15) is 0 Å². The molecule has 0 aliphatic heterocycles. The second-order valence-electron chi connectivity index (χ2n) is 6.36. The summed E-state index contributed by atoms with van der Waals surface area (Å²) in [6.45, 7) is 1.93. The summed E-state index contributed by atoms with van der Waals surface area (Å²) in [4.78, 5) is 23.4. The Kier molecular flexibility index (Phi) is 7.04. The standard InChI is InChI=1S/C19H22ClN3O4S/c1-13-8-9-15(20)12-17(13)23(28(2,26)27)10-4-7-18(24)22-16-6-3-5-14(11-16)19(21)25/h3,5-6,8-9,11-12H,4,7,10H2,1-2H3,(H2,21,25)(H,22,24). The van der Waals surface area contributed by atoms with Crippen molar-refractivity contribution in [1.82, 2.24) is 0 Å². The van der Waals surface area contributed by atoms with Gasteiger partial charge in [0.2, 0.25) is 21.8 Å². The molecule has 0 atom stereocenters. The summed E-state index contributed by atoms with van der Waals surface area (Å²) < 4.78 is 25.6. The Balaban J connectivity index is 2.02. The van der Waals surface area contributed by atoms with Crippen LogP contribution in [0.5, 0.6) is 0 Å². The van der Waals surface area contributed by atoms with Crippen LogP contribution in [0.4, 0.5) is 11.4 Å². The Labute approximate surface area is 169 Å². The Morgan fingerprint density at radius 3 is 2.54 bits per heavy atom. The molecule has 0 aliphatic carbocycles. The lowest BCUT2D eigenvalue weighted by Gasteiger charge is -2.24. The number of hydrogen-bond donors (Lipinski definition) is 2. The maximum absolute atomic E-state index is 12.2. The van der Waals surface area contributed by atoms with Gasteiger partial charge in [-0.25, -0.2) is 8.42 Å². The molecule has 2 rings (SSSR count). The van der Waals surface area contributed by atoms with E-state index in [0.717, 1.165) is 11.8 Å². The molecule has 3 N–H and O–H groups in total. The molecule has 0 unspecified atom stereocenters. The number of rotatable bonds is 8. The average Bonchev–Trinajstić information content (AvgIpc) is 2.60. The number of anilines is 2. The molecule has 9 heteroatoms. The highest BCUT2D eigenvalue weighted by Gasteiger charge is 2.19. The molecule has 0 aliphatic rings. The van der Waals surface area contributed by atoms with Crippen LogP contribution in [0.1, 0.15) is 28.8 Å². The maximum atomic E-state index is 12.2. The van der Waals surface area contributed by atoms with Gasteiger partial charge < -0.3 is 11.1 Å². The Morgan fingerprint density at radius 2 is 1.89 bits per heavy atom. The molecule has 0 saturated carbocycles. The number of amides is 2. The third-order valence-corrected chi connectivity index (χ3v) is 5.45. The van der Waals surface area contributed by atoms with Crippen molar-refractivity contribution in [1.29, 1.82) is 0 Å². The predicted molar refractivity (Wildman–Crippen MR) is 111 cm³/mol. The number of halogens is 1. The molecule has 0 aromatic heterocycles. The summed E-state index contributed by atoms with van der Waals surface area (Å²) in [5.74, 6) is -0.880. The van der Waals surface area contributed by atoms with Crippen molar-refractivity contribution >= 4 is 44.8 Å². The summed E-state index contributed by atoms with van der Waals surface area (Å²) in [5.41, 5.74) is 7.22. The van der Waals surface area contributed by atoms with E-state index in [-0.39, 0.29) is 24.4 Å². The summed E-state index contributed by atoms with van der Waals surface area (Å²) in [7, 11) is -3.54. The highest BCUT2D eigenvalue weighted by atomic mass is 35.5. The van der Waals surface area contributed by atoms with Crippen molar-refractivity contribution < 1.29 is 18.0 Å². The Bertz CT molecular complexity index is 992. The number of benzene rings is 2. The number of nitrogens with one attached hydrogen (secondary N) is 1. The number of nitrogens with zero attached hydrogens (tertiary/aromatic N) is 1. The van der Waals surface area contributed by atoms with E-state index in [9.17, 15) is 18.0 Å². The van der Waals surface area contributed by atoms with Crippen molar-refractivity contribution in [2.45, 2.75) is 19.8 Å². The summed E-state index contributed by atoms with van der Waals surface area (Å²) >= 11 is 6.00. The maximum Gasteiger partial charge on any atom is 0.248 e. The first-order chi connectivity index (χ1) is 13.1. The van der Waals surface area contributed by atoms with Gasteiger partial charge in [0.05, 0.1) is 11.9 Å². The minimum Gasteiger partial charge on any atom is -0.366 e. The fourth-order valence-corrected chi connectivity index (χ4v) is 3.85. The summed E-state index contributed by atoms with van der Waals surface area (Å²) in [5, 5.41) is 3.11. The van der Waals surface area contributed by atoms with Gasteiger partial charge in [-0.15, -0.1) is 0 Å². The van der Waals surface area contributed by atoms with Crippen LogP contribution in [0, 0.1) is 6.92 Å². The van der Waals surface area contributed by atoms with Crippen LogP contribution >= 0.6 is 11.6 Å². The number of aryl methyl sites for hydroxylation is 1. The topological polar surface area (TPSA) is 110 Å². The lowest BCUT2D eigenvalue weighted by molar-refractivity contribution is -0.116. The van der Waals surface area contributed by atoms with Gasteiger partial charge in [0.15, 0.2) is 0 Å². The monoisotopic (exact) mass is 423 g/mol. The quantitative estimate of drug-likeness (QED) is 0.680. The van der Waals surface area contributed by atoms with E-state index in [1.54, 1.807) is 43.3 Å². The van der Waals surface area contributed by atoms with Crippen molar-refractivity contribution in [3.8, 4) is 0 Å². The van der Waals surface area contributed by atoms with Crippen molar-refractivity contribution in [2.75, 3.05) is 22.4 Å². The van der Waals surface area contributed by atoms with E-state index in [2.05, 4.69) is 5.32 Å². The minimum atomic E-state index is -3.54. The zero-order chi connectivity index (χ0) is 20.9. The van der Waals surface area contributed by atoms with E-state index >= 15 is 0 Å². The van der Waals surface area contributed by atoms with Gasteiger partial charge in [-0.05, 0) is 49.2 Å². The fourth-order valence-electron chi connectivity index (χ4n) is 2.67. The van der Waals surface area contributed by atoms with Gasteiger partial charge in [-0.2, -0.15) is 0 Å². The molecule has 2 amide bonds. The van der Waals surface area contributed by atoms with Crippen LogP contribution in [-0.2, 0) is 14.8 Å². The summed E-state index contributed by atoms with van der Waals surface area (Å²) in [6, 6.07) is 11.3. The molecule has 0 saturated heterocycles. The molecule has 0 radical (unpaired) electrons. The Morgan fingerprint density at radius 1 is 1.18 bits per heavy atom. The highest BCUT2D eigenvalue weighted by molar-refractivity contribution is 7.92. The highest BCUT2D eigenvalue weighted by Crippen LogP contribution is 2.26. The fraction of sp³-hybridized carbons (Fsp3) is 0.263. The van der Waals surface area contributed by atoms with Gasteiger partial charge in [0.25, 0.3) is 0 Å². The number of primary amides is 1. The minimum absolute atomic E-state index is 0.104. The second kappa shape index (κ2) is 9.07. The molecular formula is C19H22ClN3O4S. The summed E-state index contributed by atoms with van der Waals surface area (Å²) in [6.07, 6.45) is 1.52. The van der Waals surface area contributed by atoms with E-state index in [1.807, 2.05) is 0 Å². The number of sulfonamides is 1. The number of hydrogen-bond acceptors (Lipinski definition) is 4. The molecule has 0 fully saturated rings. The average molecular weight is 424 g/mol. The zero-order valence-electron chi connectivity index (χ0n) is 15.6. The molecular weight excluding hydrogens is 402 g/mol. The van der Waals surface area contributed by atoms with Gasteiger partial charge in [-0.1, -0.05) is 23.7 Å².